The number of halogens is 1. The number of hydrogen-bond acceptors (Lipinski definition) is 6. The third-order valence-electron chi connectivity index (χ3n) is 5.56. The lowest BCUT2D eigenvalue weighted by Gasteiger charge is -2.21. The number of ether oxygens (including phenoxy) is 1. The number of likely N-dealkylation sites (tertiary alicyclic amines) is 1. The van der Waals surface area contributed by atoms with E-state index in [1.54, 1.807) is 36.5 Å². The predicted molar refractivity (Wildman–Crippen MR) is 125 cm³/mol. The van der Waals surface area contributed by atoms with Crippen LogP contribution in [-0.4, -0.2) is 53.7 Å². The van der Waals surface area contributed by atoms with Crippen LogP contribution in [0.2, 0.25) is 5.02 Å². The molecule has 0 aliphatic carbocycles. The molecule has 2 atom stereocenters. The highest BCUT2D eigenvalue weighted by atomic mass is 35.5. The Labute approximate surface area is 197 Å². The van der Waals surface area contributed by atoms with Gasteiger partial charge in [-0.2, -0.15) is 0 Å². The minimum atomic E-state index is -0.379. The maximum absolute atomic E-state index is 12.6. The van der Waals surface area contributed by atoms with Crippen LogP contribution >= 0.6 is 11.6 Å². The maximum Gasteiger partial charge on any atom is 0.267 e. The van der Waals surface area contributed by atoms with E-state index in [0.29, 0.717) is 30.3 Å². The van der Waals surface area contributed by atoms with Crippen LogP contribution in [0.15, 0.2) is 48.7 Å². The van der Waals surface area contributed by atoms with Gasteiger partial charge in [-0.15, -0.1) is 0 Å². The lowest BCUT2D eigenvalue weighted by atomic mass is 10.2. The minimum absolute atomic E-state index is 0.00159. The molecule has 4 rings (SSSR count). The van der Waals surface area contributed by atoms with Crippen LogP contribution < -0.4 is 10.8 Å². The fourth-order valence-electron chi connectivity index (χ4n) is 3.77. The largest absolute Gasteiger partial charge is 0.365 e. The van der Waals surface area contributed by atoms with Gasteiger partial charge < -0.3 is 15.0 Å². The molecule has 1 aromatic heterocycles. The number of carbonyl (C=O) groups excluding carboxylic acids is 2. The number of amides is 2. The van der Waals surface area contributed by atoms with E-state index in [-0.39, 0.29) is 24.1 Å². The highest BCUT2D eigenvalue weighted by Crippen LogP contribution is 2.19. The average molecular weight is 471 g/mol. The van der Waals surface area contributed by atoms with E-state index >= 15 is 0 Å². The molecule has 8 nitrogen and oxygen atoms in total. The molecule has 2 N–H and O–H groups in total. The average Bonchev–Trinajstić information content (AvgIpc) is 3.31. The number of rotatable bonds is 7. The Balaban J connectivity index is 1.22. The Kier molecular flexibility index (Phi) is 7.93. The summed E-state index contributed by atoms with van der Waals surface area (Å²) < 4.78 is 5.40. The van der Waals surface area contributed by atoms with Crippen LogP contribution in [0, 0.1) is 0 Å². The smallest absolute Gasteiger partial charge is 0.267 e. The van der Waals surface area contributed by atoms with Crippen LogP contribution in [0.25, 0.3) is 6.08 Å². The Morgan fingerprint density at radius 2 is 2.00 bits per heavy atom. The highest BCUT2D eigenvalue weighted by molar-refractivity contribution is 6.30. The summed E-state index contributed by atoms with van der Waals surface area (Å²) in [6.07, 6.45) is 8.03. The molecule has 33 heavy (non-hydrogen) atoms. The van der Waals surface area contributed by atoms with Crippen LogP contribution in [0.1, 0.15) is 41.6 Å². The van der Waals surface area contributed by atoms with Crippen molar-refractivity contribution in [3.05, 3.63) is 64.8 Å². The van der Waals surface area contributed by atoms with Gasteiger partial charge in [0.1, 0.15) is 5.82 Å². The zero-order valence-electron chi connectivity index (χ0n) is 18.2. The lowest BCUT2D eigenvalue weighted by Crippen LogP contribution is -2.32. The number of hydrogen-bond donors (Lipinski definition) is 2. The summed E-state index contributed by atoms with van der Waals surface area (Å²) in [6.45, 7) is 1.94. The maximum atomic E-state index is 12.6. The van der Waals surface area contributed by atoms with Crippen LogP contribution in [0.3, 0.4) is 0 Å². The predicted octanol–water partition coefficient (Wildman–Crippen LogP) is 3.65. The number of aromatic nitrogens is 1. The molecule has 174 valence electrons. The second-order valence-electron chi connectivity index (χ2n) is 8.08. The van der Waals surface area contributed by atoms with Gasteiger partial charge in [0, 0.05) is 55.0 Å². The summed E-state index contributed by atoms with van der Waals surface area (Å²) in [4.78, 5) is 36.1. The molecule has 0 bridgehead atoms. The number of anilines is 1. The second kappa shape index (κ2) is 11.3. The second-order valence-corrected chi connectivity index (χ2v) is 8.51. The van der Waals surface area contributed by atoms with Crippen molar-refractivity contribution >= 4 is 35.3 Å². The van der Waals surface area contributed by atoms with E-state index in [4.69, 9.17) is 21.2 Å². The van der Waals surface area contributed by atoms with Gasteiger partial charge in [0.25, 0.3) is 11.8 Å². The molecular weight excluding hydrogens is 444 g/mol. The van der Waals surface area contributed by atoms with Gasteiger partial charge in [0.2, 0.25) is 0 Å². The molecule has 0 radical (unpaired) electrons. The molecule has 2 aliphatic heterocycles. The first-order chi connectivity index (χ1) is 16.1. The Morgan fingerprint density at radius 3 is 2.73 bits per heavy atom. The van der Waals surface area contributed by atoms with Crippen molar-refractivity contribution in [2.75, 3.05) is 25.0 Å². The molecule has 3 heterocycles. The fourth-order valence-corrected chi connectivity index (χ4v) is 3.90. The SMILES string of the molecule is O=C(/C=C/c1ccc(N[C@H]2CCN(C(=O)c3ccc(Cl)cc3)C2)nc1)NOC1CCCCO1. The van der Waals surface area contributed by atoms with E-state index in [9.17, 15) is 9.59 Å². The number of hydroxylamine groups is 1. The summed E-state index contributed by atoms with van der Waals surface area (Å²) in [5.74, 6) is 0.365. The van der Waals surface area contributed by atoms with Gasteiger partial charge in [-0.3, -0.25) is 9.59 Å². The molecule has 2 fully saturated rings. The molecule has 1 unspecified atom stereocenters. The van der Waals surface area contributed by atoms with Crippen LogP contribution in [-0.2, 0) is 14.4 Å². The molecule has 9 heteroatoms. The van der Waals surface area contributed by atoms with Crippen molar-refractivity contribution in [3.63, 3.8) is 0 Å². The fraction of sp³-hybridized carbons (Fsp3) is 0.375. The number of pyridine rings is 1. The first-order valence-corrected chi connectivity index (χ1v) is 11.5. The number of carbonyl (C=O) groups is 2. The first kappa shape index (κ1) is 23.2. The van der Waals surface area contributed by atoms with E-state index in [1.807, 2.05) is 17.0 Å². The summed E-state index contributed by atoms with van der Waals surface area (Å²) >= 11 is 5.90. The summed E-state index contributed by atoms with van der Waals surface area (Å²) in [5, 5.41) is 3.98. The van der Waals surface area contributed by atoms with Gasteiger partial charge in [-0.1, -0.05) is 11.6 Å². The topological polar surface area (TPSA) is 92.8 Å². The first-order valence-electron chi connectivity index (χ1n) is 11.1. The lowest BCUT2D eigenvalue weighted by molar-refractivity contribution is -0.198. The van der Waals surface area contributed by atoms with E-state index < -0.39 is 0 Å². The minimum Gasteiger partial charge on any atom is -0.365 e. The van der Waals surface area contributed by atoms with E-state index in [1.165, 1.54) is 6.08 Å². The van der Waals surface area contributed by atoms with Crippen LogP contribution in [0.4, 0.5) is 5.82 Å². The summed E-state index contributed by atoms with van der Waals surface area (Å²) in [5.41, 5.74) is 3.81. The van der Waals surface area contributed by atoms with Crippen molar-refractivity contribution < 1.29 is 19.2 Å². The molecule has 0 spiro atoms. The number of benzene rings is 1. The normalized spacial score (nSPS) is 20.7. The Hall–Kier alpha value is -2.94. The quantitative estimate of drug-likeness (QED) is 0.474. The molecule has 2 amide bonds. The molecular formula is C24H27ClN4O4. The number of nitrogens with one attached hydrogen (secondary N) is 2. The zero-order valence-corrected chi connectivity index (χ0v) is 19.0. The molecule has 2 aliphatic rings. The molecule has 1 aromatic carbocycles. The molecule has 0 saturated carbocycles. The van der Waals surface area contributed by atoms with E-state index in [0.717, 1.165) is 37.1 Å². The zero-order chi connectivity index (χ0) is 23.0. The van der Waals surface area contributed by atoms with Crippen molar-refractivity contribution in [2.24, 2.45) is 0 Å². The number of nitrogens with zero attached hydrogens (tertiary/aromatic N) is 2. The summed E-state index contributed by atoms with van der Waals surface area (Å²) in [6, 6.07) is 10.8. The standard InChI is InChI=1S/C24H27ClN4O4/c25-19-8-6-18(7-9-19)24(31)29-13-12-20(16-29)27-21-10-4-17(15-26-21)5-11-22(30)28-33-23-3-1-2-14-32-23/h4-11,15,20,23H,1-3,12-14,16H2,(H,26,27)(H,28,30)/b11-5+/t20-,23?/m0/s1. The summed E-state index contributed by atoms with van der Waals surface area (Å²) in [7, 11) is 0. The van der Waals surface area contributed by atoms with Gasteiger partial charge in [-0.05, 0) is 67.3 Å². The van der Waals surface area contributed by atoms with Gasteiger partial charge in [0.05, 0.1) is 0 Å². The molecule has 2 aromatic rings. The van der Waals surface area contributed by atoms with Gasteiger partial charge in [0.15, 0.2) is 6.29 Å². The van der Waals surface area contributed by atoms with Crippen molar-refractivity contribution in [1.29, 1.82) is 0 Å². The monoisotopic (exact) mass is 470 g/mol. The highest BCUT2D eigenvalue weighted by Gasteiger charge is 2.27. The Morgan fingerprint density at radius 1 is 1.15 bits per heavy atom. The van der Waals surface area contributed by atoms with Gasteiger partial charge >= 0.3 is 0 Å². The van der Waals surface area contributed by atoms with Crippen LogP contribution in [0.5, 0.6) is 0 Å². The van der Waals surface area contributed by atoms with Crippen molar-refractivity contribution in [3.8, 4) is 0 Å². The van der Waals surface area contributed by atoms with Crippen molar-refractivity contribution in [1.82, 2.24) is 15.4 Å². The third-order valence-corrected chi connectivity index (χ3v) is 5.81. The van der Waals surface area contributed by atoms with Gasteiger partial charge in [-0.25, -0.2) is 15.3 Å². The third kappa shape index (κ3) is 6.77. The van der Waals surface area contributed by atoms with E-state index in [2.05, 4.69) is 15.8 Å². The Bertz CT molecular complexity index is 975. The molecule has 2 saturated heterocycles. The van der Waals surface area contributed by atoms with Crippen molar-refractivity contribution in [2.45, 2.75) is 38.0 Å².